The van der Waals surface area contributed by atoms with Crippen LogP contribution in [-0.2, 0) is 4.79 Å². The summed E-state index contributed by atoms with van der Waals surface area (Å²) >= 11 is 3.63. The van der Waals surface area contributed by atoms with Crippen molar-refractivity contribution in [1.29, 1.82) is 0 Å². The average Bonchev–Trinajstić information content (AvgIpc) is 2.77. The van der Waals surface area contributed by atoms with Gasteiger partial charge in [-0.1, -0.05) is 0 Å². The number of carbonyl (C=O) groups excluding carboxylic acids is 1. The zero-order chi connectivity index (χ0) is 11.3. The van der Waals surface area contributed by atoms with Crippen molar-refractivity contribution in [1.82, 2.24) is 10.2 Å². The predicted molar refractivity (Wildman–Crippen MR) is 69.5 cm³/mol. The van der Waals surface area contributed by atoms with Gasteiger partial charge in [0.25, 0.3) is 0 Å². The third-order valence-corrected chi connectivity index (χ3v) is 4.35. The standard InChI is InChI=1S/C10H20N2OS2/c1-8(4-5-14-3)12(2)10(13)9-6-15-7-11-9/h8-9,11H,4-7H2,1-3H3. The number of amides is 1. The zero-order valence-corrected chi connectivity index (χ0v) is 11.3. The van der Waals surface area contributed by atoms with Crippen LogP contribution in [0.1, 0.15) is 13.3 Å². The van der Waals surface area contributed by atoms with Gasteiger partial charge >= 0.3 is 0 Å². The third-order valence-electron chi connectivity index (χ3n) is 2.76. The Hall–Kier alpha value is 0.130. The molecule has 2 atom stereocenters. The van der Waals surface area contributed by atoms with Crippen LogP contribution in [0.15, 0.2) is 0 Å². The highest BCUT2D eigenvalue weighted by Crippen LogP contribution is 2.14. The van der Waals surface area contributed by atoms with Crippen LogP contribution in [0.5, 0.6) is 0 Å². The molecule has 0 spiro atoms. The van der Waals surface area contributed by atoms with Crippen LogP contribution >= 0.6 is 23.5 Å². The molecule has 0 aliphatic carbocycles. The van der Waals surface area contributed by atoms with Gasteiger partial charge in [-0.25, -0.2) is 0 Å². The first-order chi connectivity index (χ1) is 7.16. The van der Waals surface area contributed by atoms with Gasteiger partial charge in [-0.15, -0.1) is 11.8 Å². The van der Waals surface area contributed by atoms with E-state index in [0.717, 1.165) is 23.8 Å². The molecule has 5 heteroatoms. The van der Waals surface area contributed by atoms with Gasteiger partial charge in [0, 0.05) is 24.7 Å². The number of carbonyl (C=O) groups is 1. The van der Waals surface area contributed by atoms with Crippen molar-refractivity contribution in [2.75, 3.05) is 30.7 Å². The Bertz CT molecular complexity index is 208. The van der Waals surface area contributed by atoms with Crippen LogP contribution in [-0.4, -0.2) is 53.6 Å². The molecule has 1 amide bonds. The molecule has 1 fully saturated rings. The van der Waals surface area contributed by atoms with Gasteiger partial charge in [-0.05, 0) is 25.4 Å². The Labute approximate surface area is 101 Å². The van der Waals surface area contributed by atoms with Crippen LogP contribution in [0.3, 0.4) is 0 Å². The number of nitrogens with zero attached hydrogens (tertiary/aromatic N) is 1. The van der Waals surface area contributed by atoms with Crippen molar-refractivity contribution >= 4 is 29.4 Å². The smallest absolute Gasteiger partial charge is 0.240 e. The molecular weight excluding hydrogens is 228 g/mol. The fourth-order valence-electron chi connectivity index (χ4n) is 1.50. The lowest BCUT2D eigenvalue weighted by Gasteiger charge is -2.27. The zero-order valence-electron chi connectivity index (χ0n) is 9.66. The van der Waals surface area contributed by atoms with Gasteiger partial charge in [0.15, 0.2) is 0 Å². The van der Waals surface area contributed by atoms with Crippen molar-refractivity contribution in [3.8, 4) is 0 Å². The minimum atomic E-state index is 0.0386. The monoisotopic (exact) mass is 248 g/mol. The van der Waals surface area contributed by atoms with Crippen molar-refractivity contribution in [2.24, 2.45) is 0 Å². The van der Waals surface area contributed by atoms with Crippen molar-refractivity contribution < 1.29 is 4.79 Å². The molecule has 0 aromatic rings. The van der Waals surface area contributed by atoms with Gasteiger partial charge in [-0.3, -0.25) is 10.1 Å². The molecule has 3 nitrogen and oxygen atoms in total. The molecule has 1 N–H and O–H groups in total. The van der Waals surface area contributed by atoms with E-state index in [1.54, 1.807) is 11.8 Å². The molecule has 1 aliphatic heterocycles. The SMILES string of the molecule is CSCCC(C)N(C)C(=O)C1CSCN1. The number of thioether (sulfide) groups is 2. The summed E-state index contributed by atoms with van der Waals surface area (Å²) in [7, 11) is 1.91. The molecule has 15 heavy (non-hydrogen) atoms. The highest BCUT2D eigenvalue weighted by atomic mass is 32.2. The molecule has 0 aromatic heterocycles. The summed E-state index contributed by atoms with van der Waals surface area (Å²) in [5.74, 6) is 3.18. The topological polar surface area (TPSA) is 32.3 Å². The van der Waals surface area contributed by atoms with E-state index in [1.807, 2.05) is 23.7 Å². The minimum Gasteiger partial charge on any atom is -0.342 e. The molecule has 1 rings (SSSR count). The molecule has 0 radical (unpaired) electrons. The van der Waals surface area contributed by atoms with Gasteiger partial charge in [0.1, 0.15) is 0 Å². The predicted octanol–water partition coefficient (Wildman–Crippen LogP) is 1.25. The summed E-state index contributed by atoms with van der Waals surface area (Å²) in [5, 5.41) is 3.21. The van der Waals surface area contributed by atoms with E-state index in [9.17, 15) is 4.79 Å². The molecule has 0 bridgehead atoms. The average molecular weight is 248 g/mol. The van der Waals surface area contributed by atoms with Crippen LogP contribution < -0.4 is 5.32 Å². The van der Waals surface area contributed by atoms with E-state index in [4.69, 9.17) is 0 Å². The second-order valence-electron chi connectivity index (χ2n) is 3.85. The Kier molecular flexibility index (Phi) is 5.86. The highest BCUT2D eigenvalue weighted by Gasteiger charge is 2.27. The number of hydrogen-bond acceptors (Lipinski definition) is 4. The molecule has 0 saturated carbocycles. The van der Waals surface area contributed by atoms with Gasteiger partial charge in [0.2, 0.25) is 5.91 Å². The van der Waals surface area contributed by atoms with Gasteiger partial charge in [0.05, 0.1) is 6.04 Å². The number of nitrogens with one attached hydrogen (secondary N) is 1. The summed E-state index contributed by atoms with van der Waals surface area (Å²) in [4.78, 5) is 13.9. The van der Waals surface area contributed by atoms with Gasteiger partial charge < -0.3 is 4.90 Å². The van der Waals surface area contributed by atoms with E-state index >= 15 is 0 Å². The summed E-state index contributed by atoms with van der Waals surface area (Å²) in [5.41, 5.74) is 0. The lowest BCUT2D eigenvalue weighted by molar-refractivity contribution is -0.133. The maximum absolute atomic E-state index is 12.0. The fraction of sp³-hybridized carbons (Fsp3) is 0.900. The summed E-state index contributed by atoms with van der Waals surface area (Å²) in [6.07, 6.45) is 3.17. The van der Waals surface area contributed by atoms with Crippen LogP contribution in [0.25, 0.3) is 0 Å². The quantitative estimate of drug-likeness (QED) is 0.794. The summed E-state index contributed by atoms with van der Waals surface area (Å²) < 4.78 is 0. The Morgan fingerprint density at radius 1 is 1.73 bits per heavy atom. The highest BCUT2D eigenvalue weighted by molar-refractivity contribution is 7.99. The van der Waals surface area contributed by atoms with Crippen LogP contribution in [0.2, 0.25) is 0 Å². The Morgan fingerprint density at radius 2 is 2.47 bits per heavy atom. The molecule has 1 aliphatic rings. The largest absolute Gasteiger partial charge is 0.342 e. The third kappa shape index (κ3) is 3.89. The molecule has 2 unspecified atom stereocenters. The Morgan fingerprint density at radius 3 is 3.00 bits per heavy atom. The van der Waals surface area contributed by atoms with E-state index in [1.165, 1.54) is 0 Å². The van der Waals surface area contributed by atoms with Crippen LogP contribution in [0, 0.1) is 0 Å². The first kappa shape index (κ1) is 13.2. The summed E-state index contributed by atoms with van der Waals surface area (Å²) in [6.45, 7) is 2.12. The number of rotatable bonds is 5. The lowest BCUT2D eigenvalue weighted by atomic mass is 10.2. The number of hydrogen-bond donors (Lipinski definition) is 1. The molecule has 1 heterocycles. The van der Waals surface area contributed by atoms with E-state index < -0.39 is 0 Å². The second-order valence-corrected chi connectivity index (χ2v) is 5.87. The first-order valence-electron chi connectivity index (χ1n) is 5.23. The van der Waals surface area contributed by atoms with E-state index in [-0.39, 0.29) is 11.9 Å². The van der Waals surface area contributed by atoms with Gasteiger partial charge in [-0.2, -0.15) is 11.8 Å². The van der Waals surface area contributed by atoms with E-state index in [2.05, 4.69) is 18.5 Å². The Balaban J connectivity index is 2.36. The molecular formula is C10H20N2OS2. The van der Waals surface area contributed by atoms with E-state index in [0.29, 0.717) is 6.04 Å². The first-order valence-corrected chi connectivity index (χ1v) is 7.78. The molecule has 0 aromatic carbocycles. The summed E-state index contributed by atoms with van der Waals surface area (Å²) in [6, 6.07) is 0.383. The van der Waals surface area contributed by atoms with Crippen LogP contribution in [0.4, 0.5) is 0 Å². The number of likely N-dealkylation sites (N-methyl/N-ethyl adjacent to an activating group) is 1. The maximum atomic E-state index is 12.0. The maximum Gasteiger partial charge on any atom is 0.240 e. The molecule has 1 saturated heterocycles. The molecule has 88 valence electrons. The van der Waals surface area contributed by atoms with Crippen molar-refractivity contribution in [3.05, 3.63) is 0 Å². The van der Waals surface area contributed by atoms with Crippen molar-refractivity contribution in [3.63, 3.8) is 0 Å². The normalized spacial score (nSPS) is 22.7. The lowest BCUT2D eigenvalue weighted by Crippen LogP contribution is -2.46. The minimum absolute atomic E-state index is 0.0386. The second kappa shape index (κ2) is 6.66. The van der Waals surface area contributed by atoms with Crippen molar-refractivity contribution in [2.45, 2.75) is 25.4 Å². The fourth-order valence-corrected chi connectivity index (χ4v) is 3.01.